The van der Waals surface area contributed by atoms with Gasteiger partial charge in [0.1, 0.15) is 0 Å². The predicted octanol–water partition coefficient (Wildman–Crippen LogP) is 13.0. The van der Waals surface area contributed by atoms with Gasteiger partial charge >= 0.3 is 0 Å². The number of hydrogen-bond donors (Lipinski definition) is 0. The minimum absolute atomic E-state index is 0.00846. The van der Waals surface area contributed by atoms with Crippen molar-refractivity contribution in [1.29, 1.82) is 0 Å². The molecule has 0 spiro atoms. The molecule has 2 nitrogen and oxygen atoms in total. The van der Waals surface area contributed by atoms with Crippen LogP contribution in [0.4, 0.5) is 34.1 Å². The molecule has 0 unspecified atom stereocenters. The van der Waals surface area contributed by atoms with Gasteiger partial charge in [-0.1, -0.05) is 184 Å². The van der Waals surface area contributed by atoms with Crippen LogP contribution in [-0.4, -0.2) is 6.71 Å². The molecule has 0 atom stereocenters. The van der Waals surface area contributed by atoms with Crippen LogP contribution in [-0.2, 0) is 21.7 Å². The number of hydrogen-bond acceptors (Lipinski definition) is 2. The van der Waals surface area contributed by atoms with E-state index < -0.39 is 0 Å². The zero-order valence-corrected chi connectivity index (χ0v) is 36.6. The number of fused-ring (bicyclic) bond motifs is 4. The maximum absolute atomic E-state index is 2.56. The lowest BCUT2D eigenvalue weighted by molar-refractivity contribution is 0.590. The van der Waals surface area contributed by atoms with Crippen LogP contribution in [0, 0.1) is 0 Å². The summed E-state index contributed by atoms with van der Waals surface area (Å²) in [7, 11) is 0. The second kappa shape index (κ2) is 13.9. The fraction of sp³-hybridized carbons (Fsp3) is 0.250. The van der Waals surface area contributed by atoms with Gasteiger partial charge in [0, 0.05) is 45.0 Å². The highest BCUT2D eigenvalue weighted by Crippen LogP contribution is 2.46. The summed E-state index contributed by atoms with van der Waals surface area (Å²) in [4.78, 5) is 5.09. The minimum atomic E-state index is -0.196. The average Bonchev–Trinajstić information content (AvgIpc) is 3.23. The number of benzene rings is 7. The van der Waals surface area contributed by atoms with E-state index in [0.717, 1.165) is 5.69 Å². The van der Waals surface area contributed by atoms with E-state index in [4.69, 9.17) is 0 Å². The first-order valence-corrected chi connectivity index (χ1v) is 21.4. The Labute approximate surface area is 353 Å². The van der Waals surface area contributed by atoms with Crippen molar-refractivity contribution in [2.75, 3.05) is 9.80 Å². The average molecular weight is 769 g/mol. The fourth-order valence-electron chi connectivity index (χ4n) is 9.53. The van der Waals surface area contributed by atoms with E-state index in [1.165, 1.54) is 78.2 Å². The molecule has 0 amide bonds. The highest BCUT2D eigenvalue weighted by molar-refractivity contribution is 7.00. The van der Waals surface area contributed by atoms with Gasteiger partial charge in [0.15, 0.2) is 0 Å². The highest BCUT2D eigenvalue weighted by Gasteiger charge is 2.44. The van der Waals surface area contributed by atoms with Crippen LogP contribution in [0.1, 0.15) is 103 Å². The Balaban J connectivity index is 1.30. The summed E-state index contributed by atoms with van der Waals surface area (Å²) in [6, 6.07) is 62.0. The van der Waals surface area contributed by atoms with Crippen LogP contribution in [0.25, 0.3) is 0 Å². The van der Waals surface area contributed by atoms with Crippen LogP contribution in [0.15, 0.2) is 164 Å². The van der Waals surface area contributed by atoms with Crippen molar-refractivity contribution in [3.63, 3.8) is 0 Å². The summed E-state index contributed by atoms with van der Waals surface area (Å²) in [5.41, 5.74) is 18.9. The number of anilines is 6. The maximum Gasteiger partial charge on any atom is 0.252 e. The highest BCUT2D eigenvalue weighted by atomic mass is 15.2. The molecule has 9 rings (SSSR count). The molecule has 7 aromatic rings. The molecular formula is C56H57BN2. The van der Waals surface area contributed by atoms with Gasteiger partial charge in [-0.25, -0.2) is 0 Å². The maximum atomic E-state index is 2.56. The predicted molar refractivity (Wildman–Crippen MR) is 255 cm³/mol. The van der Waals surface area contributed by atoms with Gasteiger partial charge in [-0.05, 0) is 109 Å². The van der Waals surface area contributed by atoms with E-state index in [2.05, 4.69) is 243 Å². The van der Waals surface area contributed by atoms with Crippen LogP contribution >= 0.6 is 0 Å². The molecule has 0 fully saturated rings. The smallest absolute Gasteiger partial charge is 0.252 e. The van der Waals surface area contributed by atoms with E-state index in [9.17, 15) is 0 Å². The first-order chi connectivity index (χ1) is 28.0. The van der Waals surface area contributed by atoms with Gasteiger partial charge in [-0.15, -0.1) is 0 Å². The Morgan fingerprint density at radius 1 is 0.322 bits per heavy atom. The van der Waals surface area contributed by atoms with Crippen molar-refractivity contribution in [3.8, 4) is 0 Å². The van der Waals surface area contributed by atoms with Crippen LogP contribution in [0.3, 0.4) is 0 Å². The number of rotatable bonds is 6. The summed E-state index contributed by atoms with van der Waals surface area (Å²) in [5.74, 6) is 0. The Bertz CT molecular complexity index is 2680. The lowest BCUT2D eigenvalue weighted by Gasteiger charge is -2.45. The van der Waals surface area contributed by atoms with Crippen molar-refractivity contribution >= 4 is 57.2 Å². The molecule has 7 aromatic carbocycles. The Morgan fingerprint density at radius 2 is 0.797 bits per heavy atom. The zero-order valence-electron chi connectivity index (χ0n) is 36.6. The van der Waals surface area contributed by atoms with E-state index in [0.29, 0.717) is 0 Å². The molecule has 0 bridgehead atoms. The van der Waals surface area contributed by atoms with E-state index >= 15 is 0 Å². The van der Waals surface area contributed by atoms with Gasteiger partial charge in [-0.3, -0.25) is 0 Å². The minimum Gasteiger partial charge on any atom is -0.311 e. The van der Waals surface area contributed by atoms with Gasteiger partial charge in [0.25, 0.3) is 6.71 Å². The van der Waals surface area contributed by atoms with Gasteiger partial charge in [0.2, 0.25) is 0 Å². The van der Waals surface area contributed by atoms with Gasteiger partial charge in [0.05, 0.1) is 0 Å². The molecule has 0 N–H and O–H groups in total. The fourth-order valence-corrected chi connectivity index (χ4v) is 9.53. The van der Waals surface area contributed by atoms with Crippen LogP contribution in [0.5, 0.6) is 0 Å². The largest absolute Gasteiger partial charge is 0.311 e. The summed E-state index contributed by atoms with van der Waals surface area (Å²) >= 11 is 0. The normalized spacial score (nSPS) is 13.8. The summed E-state index contributed by atoms with van der Waals surface area (Å²) in [6.45, 7) is 23.3. The molecular weight excluding hydrogens is 711 g/mol. The van der Waals surface area contributed by atoms with E-state index in [1.54, 1.807) is 0 Å². The summed E-state index contributed by atoms with van der Waals surface area (Å²) in [6.07, 6.45) is 0. The lowest BCUT2D eigenvalue weighted by Crippen LogP contribution is -2.61. The molecule has 294 valence electrons. The SMILES string of the molecule is CC(C)(C)c1cccc(N2c3cc(C(C)(C)C)ccc3B3c4cc(C(C)(C)c5ccccc5)ccc4N(c4ccc(C(C)(C)c5ccccc5)cc4)c4cccc2c43)c1. The van der Waals surface area contributed by atoms with Crippen molar-refractivity contribution in [2.24, 2.45) is 0 Å². The van der Waals surface area contributed by atoms with Crippen molar-refractivity contribution < 1.29 is 0 Å². The molecule has 0 saturated carbocycles. The molecule has 0 aromatic heterocycles. The third-order valence-corrected chi connectivity index (χ3v) is 13.4. The van der Waals surface area contributed by atoms with Crippen molar-refractivity contribution in [3.05, 3.63) is 197 Å². The van der Waals surface area contributed by atoms with Crippen LogP contribution < -0.4 is 26.2 Å². The zero-order chi connectivity index (χ0) is 41.5. The second-order valence-electron chi connectivity index (χ2n) is 19.9. The first-order valence-electron chi connectivity index (χ1n) is 21.4. The third kappa shape index (κ3) is 6.51. The monoisotopic (exact) mass is 768 g/mol. The Hall–Kier alpha value is -5.80. The molecule has 0 saturated heterocycles. The first kappa shape index (κ1) is 38.7. The Kier molecular flexibility index (Phi) is 9.12. The summed E-state index contributed by atoms with van der Waals surface area (Å²) < 4.78 is 0. The van der Waals surface area contributed by atoms with Gasteiger partial charge < -0.3 is 9.80 Å². The molecule has 0 radical (unpaired) electrons. The topological polar surface area (TPSA) is 6.48 Å². The van der Waals surface area contributed by atoms with Crippen LogP contribution in [0.2, 0.25) is 0 Å². The molecule has 2 aliphatic rings. The molecule has 3 heteroatoms. The molecule has 2 heterocycles. The second-order valence-corrected chi connectivity index (χ2v) is 19.9. The number of nitrogens with zero attached hydrogens (tertiary/aromatic N) is 2. The molecule has 2 aliphatic heterocycles. The van der Waals surface area contributed by atoms with E-state index in [1.807, 2.05) is 0 Å². The van der Waals surface area contributed by atoms with Crippen molar-refractivity contribution in [2.45, 2.75) is 90.9 Å². The third-order valence-electron chi connectivity index (χ3n) is 13.4. The quantitative estimate of drug-likeness (QED) is 0.155. The van der Waals surface area contributed by atoms with Crippen molar-refractivity contribution in [1.82, 2.24) is 0 Å². The standard InChI is InChI=1S/C56H57BN2/c1-53(2,3)41-23-17-24-45(35-41)59-50-26-18-25-49-52(50)57(46-33-29-42(37-51(46)59)54(4,5)6)47-36-43(56(9,10)39-21-15-12-16-22-39)30-34-48(47)58(49)44-31-27-40(28-32-44)55(7,8)38-19-13-11-14-20-38/h11-37H,1-10H3. The van der Waals surface area contributed by atoms with E-state index in [-0.39, 0.29) is 28.4 Å². The molecule has 0 aliphatic carbocycles. The summed E-state index contributed by atoms with van der Waals surface area (Å²) in [5, 5.41) is 0. The lowest BCUT2D eigenvalue weighted by atomic mass is 9.33. The Morgan fingerprint density at radius 3 is 1.39 bits per heavy atom. The molecule has 59 heavy (non-hydrogen) atoms. The van der Waals surface area contributed by atoms with Gasteiger partial charge in [-0.2, -0.15) is 0 Å².